The van der Waals surface area contributed by atoms with Gasteiger partial charge in [-0.25, -0.2) is 0 Å². The van der Waals surface area contributed by atoms with Crippen LogP contribution in [0.1, 0.15) is 27.6 Å². The molecule has 2 rings (SSSR count). The summed E-state index contributed by atoms with van der Waals surface area (Å²) in [7, 11) is 2.01. The summed E-state index contributed by atoms with van der Waals surface area (Å²) in [6.07, 6.45) is 0. The van der Waals surface area contributed by atoms with E-state index >= 15 is 0 Å². The SMILES string of the molecule is CNC(c1cc(C)c(Br)s1)c1ccc(Br)cc1C. The van der Waals surface area contributed by atoms with Crippen molar-refractivity contribution >= 4 is 43.2 Å². The normalized spacial score (nSPS) is 12.7. The lowest BCUT2D eigenvalue weighted by atomic mass is 10.00. The van der Waals surface area contributed by atoms with Gasteiger partial charge in [-0.05, 0) is 71.7 Å². The molecular weight excluding hydrogens is 374 g/mol. The highest BCUT2D eigenvalue weighted by atomic mass is 79.9. The van der Waals surface area contributed by atoms with Crippen LogP contribution in [0, 0.1) is 13.8 Å². The maximum Gasteiger partial charge on any atom is 0.0731 e. The molecule has 0 saturated carbocycles. The van der Waals surface area contributed by atoms with Crippen LogP contribution in [-0.2, 0) is 0 Å². The van der Waals surface area contributed by atoms with Crippen molar-refractivity contribution in [3.63, 3.8) is 0 Å². The van der Waals surface area contributed by atoms with Gasteiger partial charge in [-0.2, -0.15) is 0 Å². The molecular formula is C14H15Br2NS. The van der Waals surface area contributed by atoms with Crippen molar-refractivity contribution in [3.05, 3.63) is 54.1 Å². The molecule has 1 nitrogen and oxygen atoms in total. The van der Waals surface area contributed by atoms with Crippen LogP contribution in [-0.4, -0.2) is 7.05 Å². The van der Waals surface area contributed by atoms with Crippen LogP contribution in [0.25, 0.3) is 0 Å². The molecule has 0 aliphatic heterocycles. The Bertz CT molecular complexity index is 543. The van der Waals surface area contributed by atoms with E-state index in [0.717, 1.165) is 4.47 Å². The summed E-state index contributed by atoms with van der Waals surface area (Å²) in [5, 5.41) is 3.41. The lowest BCUT2D eigenvalue weighted by Gasteiger charge is -2.17. The Balaban J connectivity index is 2.45. The molecule has 0 aliphatic carbocycles. The van der Waals surface area contributed by atoms with Crippen LogP contribution in [0.3, 0.4) is 0 Å². The van der Waals surface area contributed by atoms with Crippen molar-refractivity contribution in [3.8, 4) is 0 Å². The average Bonchev–Trinajstić information content (AvgIpc) is 2.63. The van der Waals surface area contributed by atoms with Gasteiger partial charge in [0.15, 0.2) is 0 Å². The third kappa shape index (κ3) is 2.87. The second-order valence-electron chi connectivity index (χ2n) is 4.33. The van der Waals surface area contributed by atoms with Crippen LogP contribution < -0.4 is 5.32 Å². The summed E-state index contributed by atoms with van der Waals surface area (Å²) in [5.74, 6) is 0. The van der Waals surface area contributed by atoms with Gasteiger partial charge in [0.05, 0.1) is 9.83 Å². The fourth-order valence-electron chi connectivity index (χ4n) is 2.04. The zero-order valence-electron chi connectivity index (χ0n) is 10.6. The van der Waals surface area contributed by atoms with Crippen molar-refractivity contribution in [2.45, 2.75) is 19.9 Å². The molecule has 1 aromatic carbocycles. The number of nitrogens with one attached hydrogen (secondary N) is 1. The van der Waals surface area contributed by atoms with Gasteiger partial charge in [0.1, 0.15) is 0 Å². The largest absolute Gasteiger partial charge is 0.309 e. The molecule has 2 aromatic rings. The molecule has 1 aromatic heterocycles. The summed E-state index contributed by atoms with van der Waals surface area (Å²) in [5.41, 5.74) is 3.92. The summed E-state index contributed by atoms with van der Waals surface area (Å²) < 4.78 is 2.34. The molecule has 0 aliphatic rings. The zero-order chi connectivity index (χ0) is 13.3. The molecule has 1 heterocycles. The van der Waals surface area contributed by atoms with Gasteiger partial charge in [-0.3, -0.25) is 0 Å². The second-order valence-corrected chi connectivity index (χ2v) is 7.65. The van der Waals surface area contributed by atoms with Gasteiger partial charge in [0, 0.05) is 9.35 Å². The first-order valence-corrected chi connectivity index (χ1v) is 8.12. The maximum absolute atomic E-state index is 3.60. The molecule has 0 saturated heterocycles. The minimum Gasteiger partial charge on any atom is -0.309 e. The standard InChI is InChI=1S/C14H15Br2NS/c1-8-6-10(15)4-5-11(8)13(17-3)12-7-9(2)14(16)18-12/h4-7,13,17H,1-3H3. The predicted molar refractivity (Wildman–Crippen MR) is 86.5 cm³/mol. The molecule has 1 N–H and O–H groups in total. The van der Waals surface area contributed by atoms with E-state index in [1.54, 1.807) is 11.3 Å². The molecule has 96 valence electrons. The first-order chi connectivity index (χ1) is 8.52. The van der Waals surface area contributed by atoms with Crippen molar-refractivity contribution in [1.82, 2.24) is 5.32 Å². The van der Waals surface area contributed by atoms with Gasteiger partial charge in [0.25, 0.3) is 0 Å². The first-order valence-electron chi connectivity index (χ1n) is 5.72. The van der Waals surface area contributed by atoms with Gasteiger partial charge in [-0.1, -0.05) is 22.0 Å². The van der Waals surface area contributed by atoms with E-state index in [-0.39, 0.29) is 6.04 Å². The number of rotatable bonds is 3. The van der Waals surface area contributed by atoms with Crippen LogP contribution in [0.2, 0.25) is 0 Å². The van der Waals surface area contributed by atoms with Gasteiger partial charge >= 0.3 is 0 Å². The molecule has 0 fully saturated rings. The van der Waals surface area contributed by atoms with Crippen LogP contribution >= 0.6 is 43.2 Å². The van der Waals surface area contributed by atoms with E-state index in [4.69, 9.17) is 0 Å². The number of thiophene rings is 1. The third-order valence-corrected chi connectivity index (χ3v) is 5.69. The Morgan fingerprint density at radius 1 is 1.11 bits per heavy atom. The molecule has 0 radical (unpaired) electrons. The lowest BCUT2D eigenvalue weighted by molar-refractivity contribution is 0.699. The van der Waals surface area contributed by atoms with E-state index in [1.165, 1.54) is 25.4 Å². The number of aryl methyl sites for hydroxylation is 2. The summed E-state index contributed by atoms with van der Waals surface area (Å²) in [6, 6.07) is 8.95. The van der Waals surface area contributed by atoms with Gasteiger partial charge in [0.2, 0.25) is 0 Å². The number of halogens is 2. The minimum absolute atomic E-state index is 0.257. The van der Waals surface area contributed by atoms with Crippen LogP contribution in [0.4, 0.5) is 0 Å². The summed E-state index contributed by atoms with van der Waals surface area (Å²) >= 11 is 8.91. The highest BCUT2D eigenvalue weighted by Gasteiger charge is 2.17. The van der Waals surface area contributed by atoms with E-state index in [1.807, 2.05) is 7.05 Å². The smallest absolute Gasteiger partial charge is 0.0731 e. The van der Waals surface area contributed by atoms with E-state index in [2.05, 4.69) is 75.3 Å². The van der Waals surface area contributed by atoms with Crippen molar-refractivity contribution < 1.29 is 0 Å². The molecule has 1 atom stereocenters. The van der Waals surface area contributed by atoms with E-state index in [0.29, 0.717) is 0 Å². The van der Waals surface area contributed by atoms with Crippen molar-refractivity contribution in [2.75, 3.05) is 7.05 Å². The fourth-order valence-corrected chi connectivity index (χ4v) is 4.22. The minimum atomic E-state index is 0.257. The molecule has 4 heteroatoms. The van der Waals surface area contributed by atoms with Crippen molar-refractivity contribution in [2.24, 2.45) is 0 Å². The molecule has 0 bridgehead atoms. The van der Waals surface area contributed by atoms with Gasteiger partial charge in [-0.15, -0.1) is 11.3 Å². The number of hydrogen-bond donors (Lipinski definition) is 1. The van der Waals surface area contributed by atoms with E-state index < -0.39 is 0 Å². The summed E-state index contributed by atoms with van der Waals surface area (Å²) in [6.45, 7) is 4.28. The molecule has 18 heavy (non-hydrogen) atoms. The zero-order valence-corrected chi connectivity index (χ0v) is 14.5. The average molecular weight is 389 g/mol. The monoisotopic (exact) mass is 387 g/mol. The topological polar surface area (TPSA) is 12.0 Å². The highest BCUT2D eigenvalue weighted by Crippen LogP contribution is 2.35. The second kappa shape index (κ2) is 5.87. The Morgan fingerprint density at radius 2 is 1.83 bits per heavy atom. The lowest BCUT2D eigenvalue weighted by Crippen LogP contribution is -2.17. The van der Waals surface area contributed by atoms with Crippen LogP contribution in [0.15, 0.2) is 32.5 Å². The van der Waals surface area contributed by atoms with Crippen LogP contribution in [0.5, 0.6) is 0 Å². The Morgan fingerprint density at radius 3 is 2.33 bits per heavy atom. The Hall–Kier alpha value is -0.160. The predicted octanol–water partition coefficient (Wildman–Crippen LogP) is 5.20. The van der Waals surface area contributed by atoms with Gasteiger partial charge < -0.3 is 5.32 Å². The Kier molecular flexibility index (Phi) is 4.64. The number of hydrogen-bond acceptors (Lipinski definition) is 2. The highest BCUT2D eigenvalue weighted by molar-refractivity contribution is 9.11. The molecule has 1 unspecified atom stereocenters. The Labute approximate surface area is 129 Å². The third-order valence-electron chi connectivity index (χ3n) is 2.99. The fraction of sp³-hybridized carbons (Fsp3) is 0.286. The first kappa shape index (κ1) is 14.3. The molecule has 0 amide bonds. The van der Waals surface area contributed by atoms with E-state index in [9.17, 15) is 0 Å². The number of benzene rings is 1. The summed E-state index contributed by atoms with van der Waals surface area (Å²) in [4.78, 5) is 1.34. The molecule has 0 spiro atoms. The van der Waals surface area contributed by atoms with Crippen molar-refractivity contribution in [1.29, 1.82) is 0 Å². The maximum atomic E-state index is 3.60. The quantitative estimate of drug-likeness (QED) is 0.761.